The van der Waals surface area contributed by atoms with E-state index in [0.29, 0.717) is 11.1 Å². The quantitative estimate of drug-likeness (QED) is 0.408. The van der Waals surface area contributed by atoms with E-state index in [1.807, 2.05) is 38.3 Å². The highest BCUT2D eigenvalue weighted by Crippen LogP contribution is 2.22. The number of nitrogens with zero attached hydrogens (tertiary/aromatic N) is 1. The summed E-state index contributed by atoms with van der Waals surface area (Å²) >= 11 is 1.48. The van der Waals surface area contributed by atoms with Gasteiger partial charge in [0.25, 0.3) is 0 Å². The number of Topliss-reactive ketones (excluding diaryl/α,β-unsaturated/α-hetero) is 1. The van der Waals surface area contributed by atoms with Gasteiger partial charge >= 0.3 is 5.97 Å². The molecule has 27 heavy (non-hydrogen) atoms. The Bertz CT molecular complexity index is 837. The minimum Gasteiger partial charge on any atom is -0.454 e. The van der Waals surface area contributed by atoms with Gasteiger partial charge in [-0.3, -0.25) is 4.79 Å². The third-order valence-electron chi connectivity index (χ3n) is 4.95. The van der Waals surface area contributed by atoms with Crippen molar-refractivity contribution in [2.24, 2.45) is 0 Å². The lowest BCUT2D eigenvalue weighted by atomic mass is 10.1. The Balaban J connectivity index is 1.66. The Labute approximate surface area is 164 Å². The molecular weight excluding hydrogens is 362 g/mol. The summed E-state index contributed by atoms with van der Waals surface area (Å²) < 4.78 is 13.1. The van der Waals surface area contributed by atoms with Gasteiger partial charge in [-0.25, -0.2) is 4.79 Å². The van der Waals surface area contributed by atoms with E-state index >= 15 is 0 Å². The number of carbonyl (C=O) groups is 2. The van der Waals surface area contributed by atoms with Crippen molar-refractivity contribution >= 4 is 23.5 Å². The Morgan fingerprint density at radius 3 is 2.74 bits per heavy atom. The molecule has 0 saturated carbocycles. The summed E-state index contributed by atoms with van der Waals surface area (Å²) in [5.74, 6) is -0.655. The molecule has 1 saturated heterocycles. The van der Waals surface area contributed by atoms with E-state index in [-0.39, 0.29) is 18.5 Å². The highest BCUT2D eigenvalue weighted by molar-refractivity contribution is 7.98. The van der Waals surface area contributed by atoms with E-state index in [1.165, 1.54) is 11.8 Å². The number of ether oxygens (including phenoxy) is 2. The molecule has 0 unspecified atom stereocenters. The Morgan fingerprint density at radius 2 is 2.04 bits per heavy atom. The number of esters is 1. The second-order valence-electron chi connectivity index (χ2n) is 6.73. The Kier molecular flexibility index (Phi) is 6.39. The molecule has 5 nitrogen and oxygen atoms in total. The van der Waals surface area contributed by atoms with E-state index in [1.54, 1.807) is 12.1 Å². The molecule has 0 radical (unpaired) electrons. The summed E-state index contributed by atoms with van der Waals surface area (Å²) in [5.41, 5.74) is 3.01. The van der Waals surface area contributed by atoms with Crippen LogP contribution in [-0.2, 0) is 16.0 Å². The summed E-state index contributed by atoms with van der Waals surface area (Å²) in [6, 6.07) is 9.11. The van der Waals surface area contributed by atoms with Crippen LogP contribution in [0.5, 0.6) is 0 Å². The first-order chi connectivity index (χ1) is 13.0. The molecular formula is C21H25NO4S. The smallest absolute Gasteiger partial charge is 0.339 e. The SMILES string of the molecule is CSc1ccccc1C(=O)OCC(=O)c1cc(C)n(C[C@@H]2CCCO2)c1C. The maximum absolute atomic E-state index is 12.6. The number of hydrogen-bond acceptors (Lipinski definition) is 5. The Morgan fingerprint density at radius 1 is 1.26 bits per heavy atom. The molecule has 1 aliphatic heterocycles. The van der Waals surface area contributed by atoms with E-state index in [2.05, 4.69) is 4.57 Å². The number of benzene rings is 1. The molecule has 2 heterocycles. The lowest BCUT2D eigenvalue weighted by molar-refractivity contribution is 0.0471. The van der Waals surface area contributed by atoms with Crippen LogP contribution in [0.15, 0.2) is 35.2 Å². The fraction of sp³-hybridized carbons (Fsp3) is 0.429. The summed E-state index contributed by atoms with van der Waals surface area (Å²) in [4.78, 5) is 25.8. The number of hydrogen-bond donors (Lipinski definition) is 0. The summed E-state index contributed by atoms with van der Waals surface area (Å²) in [5, 5.41) is 0. The number of rotatable bonds is 7. The van der Waals surface area contributed by atoms with E-state index in [4.69, 9.17) is 9.47 Å². The normalized spacial score (nSPS) is 16.5. The molecule has 0 N–H and O–H groups in total. The Hall–Kier alpha value is -2.05. The van der Waals surface area contributed by atoms with Crippen molar-refractivity contribution in [3.8, 4) is 0 Å². The van der Waals surface area contributed by atoms with Crippen LogP contribution in [-0.4, -0.2) is 41.9 Å². The predicted molar refractivity (Wildman–Crippen MR) is 106 cm³/mol. The molecule has 2 aromatic rings. The van der Waals surface area contributed by atoms with Gasteiger partial charge in [0.2, 0.25) is 5.78 Å². The highest BCUT2D eigenvalue weighted by Gasteiger charge is 2.22. The number of aryl methyl sites for hydroxylation is 1. The molecule has 0 aliphatic carbocycles. The fourth-order valence-corrected chi connectivity index (χ4v) is 4.04. The summed E-state index contributed by atoms with van der Waals surface area (Å²) in [6.07, 6.45) is 4.25. The summed E-state index contributed by atoms with van der Waals surface area (Å²) in [7, 11) is 0. The maximum atomic E-state index is 12.6. The van der Waals surface area contributed by atoms with Gasteiger partial charge in [-0.05, 0) is 51.1 Å². The average Bonchev–Trinajstić information content (AvgIpc) is 3.29. The van der Waals surface area contributed by atoms with E-state index in [0.717, 1.165) is 42.3 Å². The first-order valence-corrected chi connectivity index (χ1v) is 10.4. The van der Waals surface area contributed by atoms with Gasteiger partial charge < -0.3 is 14.0 Å². The minimum absolute atomic E-state index is 0.184. The zero-order valence-electron chi connectivity index (χ0n) is 16.0. The fourth-order valence-electron chi connectivity index (χ4n) is 3.46. The topological polar surface area (TPSA) is 57.5 Å². The largest absolute Gasteiger partial charge is 0.454 e. The molecule has 1 fully saturated rings. The van der Waals surface area contributed by atoms with Crippen LogP contribution in [0.2, 0.25) is 0 Å². The highest BCUT2D eigenvalue weighted by atomic mass is 32.2. The van der Waals surface area contributed by atoms with Crippen LogP contribution in [0, 0.1) is 13.8 Å². The predicted octanol–water partition coefficient (Wildman–Crippen LogP) is 4.05. The lowest BCUT2D eigenvalue weighted by Crippen LogP contribution is -2.18. The zero-order chi connectivity index (χ0) is 19.4. The molecule has 1 aliphatic rings. The average molecular weight is 388 g/mol. The second-order valence-corrected chi connectivity index (χ2v) is 7.58. The molecule has 0 amide bonds. The molecule has 3 rings (SSSR count). The molecule has 6 heteroatoms. The van der Waals surface area contributed by atoms with Crippen LogP contribution in [0.1, 0.15) is 44.9 Å². The zero-order valence-corrected chi connectivity index (χ0v) is 16.8. The minimum atomic E-state index is -0.471. The summed E-state index contributed by atoms with van der Waals surface area (Å²) in [6.45, 7) is 5.22. The van der Waals surface area contributed by atoms with Crippen LogP contribution in [0.4, 0.5) is 0 Å². The van der Waals surface area contributed by atoms with E-state index in [9.17, 15) is 9.59 Å². The molecule has 1 aromatic heterocycles. The van der Waals surface area contributed by atoms with Crippen molar-refractivity contribution in [3.63, 3.8) is 0 Å². The second kappa shape index (κ2) is 8.76. The monoisotopic (exact) mass is 387 g/mol. The lowest BCUT2D eigenvalue weighted by Gasteiger charge is -2.14. The van der Waals surface area contributed by atoms with Crippen molar-refractivity contribution in [1.29, 1.82) is 0 Å². The van der Waals surface area contributed by atoms with Crippen molar-refractivity contribution in [3.05, 3.63) is 52.8 Å². The van der Waals surface area contributed by atoms with Crippen molar-refractivity contribution in [1.82, 2.24) is 4.57 Å². The van der Waals surface area contributed by atoms with Crippen LogP contribution in [0.3, 0.4) is 0 Å². The molecule has 144 valence electrons. The molecule has 1 aromatic carbocycles. The number of ketones is 1. The maximum Gasteiger partial charge on any atom is 0.339 e. The van der Waals surface area contributed by atoms with Crippen LogP contribution >= 0.6 is 11.8 Å². The molecule has 1 atom stereocenters. The number of aromatic nitrogens is 1. The van der Waals surface area contributed by atoms with Crippen molar-refractivity contribution in [2.75, 3.05) is 19.5 Å². The van der Waals surface area contributed by atoms with Gasteiger partial charge in [-0.15, -0.1) is 11.8 Å². The van der Waals surface area contributed by atoms with Crippen LogP contribution in [0.25, 0.3) is 0 Å². The van der Waals surface area contributed by atoms with Gasteiger partial charge in [0.05, 0.1) is 11.7 Å². The van der Waals surface area contributed by atoms with Gasteiger partial charge in [-0.2, -0.15) is 0 Å². The first kappa shape index (κ1) is 19.7. The van der Waals surface area contributed by atoms with Gasteiger partial charge in [0.1, 0.15) is 0 Å². The number of thioether (sulfide) groups is 1. The van der Waals surface area contributed by atoms with Gasteiger partial charge in [-0.1, -0.05) is 12.1 Å². The third kappa shape index (κ3) is 4.45. The third-order valence-corrected chi connectivity index (χ3v) is 5.74. The van der Waals surface area contributed by atoms with Gasteiger partial charge in [0.15, 0.2) is 6.61 Å². The number of carbonyl (C=O) groups excluding carboxylic acids is 2. The molecule has 0 bridgehead atoms. The van der Waals surface area contributed by atoms with Crippen molar-refractivity contribution in [2.45, 2.75) is 44.2 Å². The van der Waals surface area contributed by atoms with Crippen LogP contribution < -0.4 is 0 Å². The van der Waals surface area contributed by atoms with Gasteiger partial charge in [0, 0.05) is 35.0 Å². The van der Waals surface area contributed by atoms with E-state index < -0.39 is 5.97 Å². The first-order valence-electron chi connectivity index (χ1n) is 9.13. The molecule has 0 spiro atoms. The standard InChI is InChI=1S/C21H25NO4S/c1-14-11-18(15(2)22(14)12-16-7-6-10-25-16)19(23)13-26-21(24)17-8-4-5-9-20(17)27-3/h4-5,8-9,11,16H,6-7,10,12-13H2,1-3H3/t16-/m0/s1. The van der Waals surface area contributed by atoms with Crippen molar-refractivity contribution < 1.29 is 19.1 Å².